The average molecular weight is 1010 g/mol. The maximum Gasteiger partial charge on any atom is 0.417 e. The molecule has 4 aromatic rings. The summed E-state index contributed by atoms with van der Waals surface area (Å²) in [6.07, 6.45) is -5.64. The number of nitriles is 1. The Hall–Kier alpha value is -6.02. The summed E-state index contributed by atoms with van der Waals surface area (Å²) in [6, 6.07) is 17.1. The zero-order valence-corrected chi connectivity index (χ0v) is 41.3. The van der Waals surface area contributed by atoms with Crippen molar-refractivity contribution >= 4 is 63.7 Å². The highest BCUT2D eigenvalue weighted by atomic mass is 32.1. The number of aromatic nitrogens is 1. The molecule has 0 saturated carbocycles. The lowest BCUT2D eigenvalue weighted by molar-refractivity contribution is -0.144. The van der Waals surface area contributed by atoms with Crippen molar-refractivity contribution in [2.24, 2.45) is 5.41 Å². The number of β-amino-alcohol motifs (C(OH)–C–C–N with tert-alkyl or cyclic N) is 1. The molecule has 0 aliphatic carbocycles. The van der Waals surface area contributed by atoms with Crippen LogP contribution in [-0.2, 0) is 46.1 Å². The van der Waals surface area contributed by atoms with Crippen LogP contribution in [0.25, 0.3) is 10.4 Å². The first-order chi connectivity index (χ1) is 33.1. The van der Waals surface area contributed by atoms with Crippen molar-refractivity contribution in [3.8, 4) is 22.3 Å². The van der Waals surface area contributed by atoms with Gasteiger partial charge in [0, 0.05) is 25.2 Å². The van der Waals surface area contributed by atoms with Crippen LogP contribution in [0.3, 0.4) is 0 Å². The Balaban J connectivity index is 0.867. The minimum atomic E-state index is -4.81. The molecule has 6 rings (SSSR count). The topological polar surface area (TPSA) is 196 Å². The van der Waals surface area contributed by atoms with Crippen molar-refractivity contribution in [3.05, 3.63) is 94.6 Å². The van der Waals surface area contributed by atoms with Crippen LogP contribution in [-0.4, -0.2) is 120 Å². The number of carbonyl (C=O) groups is 4. The molecule has 21 heteroatoms. The molecule has 1 aromatic heterocycles. The normalized spacial score (nSPS) is 17.4. The third-order valence-corrected chi connectivity index (χ3v) is 13.0. The van der Waals surface area contributed by atoms with Crippen LogP contribution in [0.4, 0.5) is 24.5 Å². The molecular weight excluding hydrogens is 952 g/mol. The molecule has 374 valence electrons. The number of benzene rings is 3. The molecule has 3 atom stereocenters. The van der Waals surface area contributed by atoms with Gasteiger partial charge in [-0.2, -0.15) is 18.4 Å². The lowest BCUT2D eigenvalue weighted by atomic mass is 9.85. The van der Waals surface area contributed by atoms with E-state index in [2.05, 4.69) is 15.6 Å². The van der Waals surface area contributed by atoms with E-state index in [9.17, 15) is 42.7 Å². The molecule has 70 heavy (non-hydrogen) atoms. The van der Waals surface area contributed by atoms with Gasteiger partial charge in [0.1, 0.15) is 36.6 Å². The Kier molecular flexibility index (Phi) is 17.4. The minimum absolute atomic E-state index is 0.0248. The summed E-state index contributed by atoms with van der Waals surface area (Å²) >= 11 is 7.16. The van der Waals surface area contributed by atoms with E-state index in [4.69, 9.17) is 31.2 Å². The number of alkyl halides is 3. The van der Waals surface area contributed by atoms with E-state index in [1.807, 2.05) is 31.2 Å². The summed E-state index contributed by atoms with van der Waals surface area (Å²) in [5.74, 6) is -1.45. The predicted octanol–water partition coefficient (Wildman–Crippen LogP) is 6.16. The van der Waals surface area contributed by atoms with Gasteiger partial charge in [-0.1, -0.05) is 45.0 Å². The van der Waals surface area contributed by atoms with E-state index in [-0.39, 0.29) is 76.6 Å². The maximum absolute atomic E-state index is 13.9. The van der Waals surface area contributed by atoms with Gasteiger partial charge < -0.3 is 44.5 Å². The number of ether oxygens (including phenoxy) is 4. The highest BCUT2D eigenvalue weighted by Gasteiger charge is 2.51. The average Bonchev–Trinajstić information content (AvgIpc) is 3.98. The monoisotopic (exact) mass is 1010 g/mol. The van der Waals surface area contributed by atoms with Gasteiger partial charge in [-0.05, 0) is 92.0 Å². The maximum atomic E-state index is 13.9. The number of aliphatic hydroxyl groups excluding tert-OH is 1. The minimum Gasteiger partial charge on any atom is -0.491 e. The molecule has 0 spiro atoms. The second kappa shape index (κ2) is 22.8. The van der Waals surface area contributed by atoms with E-state index in [1.54, 1.807) is 80.6 Å². The molecule has 3 aromatic carbocycles. The molecule has 3 N–H and O–H groups in total. The van der Waals surface area contributed by atoms with Crippen molar-refractivity contribution in [2.45, 2.75) is 84.4 Å². The number of nitrogens with one attached hydrogen (secondary N) is 2. The third-order valence-electron chi connectivity index (χ3n) is 11.6. The SMILES string of the molecule is Cc1ncsc1-c1ccc(CNC(=O)C2CC(O)CN2C(=O)C(NC(=O)COCCOCCOCCOc2ccc(N3C(=S)N(c4ccc(C#N)c(C(F)(F)F)c4)C(=O)C3(C)C)cc2)C(C)(C)C)cc1. The molecular formula is C49H56F3N7O9S2. The Morgan fingerprint density at radius 2 is 1.59 bits per heavy atom. The number of carbonyl (C=O) groups excluding carboxylic acids is 4. The number of hydrogen-bond donors (Lipinski definition) is 3. The van der Waals surface area contributed by atoms with Crippen molar-refractivity contribution in [3.63, 3.8) is 0 Å². The van der Waals surface area contributed by atoms with E-state index in [1.165, 1.54) is 17.0 Å². The third kappa shape index (κ3) is 12.8. The summed E-state index contributed by atoms with van der Waals surface area (Å²) in [6.45, 7) is 11.6. The molecule has 0 radical (unpaired) electrons. The van der Waals surface area contributed by atoms with Crippen LogP contribution < -0.4 is 25.2 Å². The summed E-state index contributed by atoms with van der Waals surface area (Å²) in [5.41, 5.74) is 1.34. The fraction of sp³-hybridized carbons (Fsp3) is 0.449. The Morgan fingerprint density at radius 3 is 2.19 bits per heavy atom. The van der Waals surface area contributed by atoms with E-state index >= 15 is 0 Å². The van der Waals surface area contributed by atoms with Crippen LogP contribution >= 0.6 is 23.6 Å². The molecule has 3 heterocycles. The number of amides is 4. The molecule has 2 aliphatic rings. The second-order valence-electron chi connectivity index (χ2n) is 18.2. The number of rotatable bonds is 20. The summed E-state index contributed by atoms with van der Waals surface area (Å²) in [5, 5.41) is 25.4. The van der Waals surface area contributed by atoms with Crippen LogP contribution in [0.1, 0.15) is 63.4 Å². The van der Waals surface area contributed by atoms with Gasteiger partial charge in [-0.25, -0.2) is 4.98 Å². The van der Waals surface area contributed by atoms with Crippen molar-refractivity contribution in [1.29, 1.82) is 5.26 Å². The number of thiazole rings is 1. The van der Waals surface area contributed by atoms with Crippen LogP contribution in [0, 0.1) is 23.7 Å². The van der Waals surface area contributed by atoms with Gasteiger partial charge in [0.25, 0.3) is 5.91 Å². The van der Waals surface area contributed by atoms with Crippen LogP contribution in [0.2, 0.25) is 0 Å². The van der Waals surface area contributed by atoms with Crippen LogP contribution in [0.5, 0.6) is 5.75 Å². The summed E-state index contributed by atoms with van der Waals surface area (Å²) in [4.78, 5) is 63.1. The zero-order chi connectivity index (χ0) is 51.0. The van der Waals surface area contributed by atoms with Gasteiger partial charge in [-0.3, -0.25) is 24.1 Å². The molecule has 0 bridgehead atoms. The Morgan fingerprint density at radius 1 is 0.957 bits per heavy atom. The molecule has 2 saturated heterocycles. The van der Waals surface area contributed by atoms with Crippen molar-refractivity contribution < 1.29 is 56.4 Å². The molecule has 4 amide bonds. The largest absolute Gasteiger partial charge is 0.491 e. The van der Waals surface area contributed by atoms with E-state index in [0.29, 0.717) is 11.4 Å². The fourth-order valence-corrected chi connectivity index (χ4v) is 9.29. The number of nitrogens with zero attached hydrogens (tertiary/aromatic N) is 5. The Bertz CT molecular complexity index is 2560. The van der Waals surface area contributed by atoms with Gasteiger partial charge in [0.2, 0.25) is 17.7 Å². The summed E-state index contributed by atoms with van der Waals surface area (Å²) in [7, 11) is 0. The van der Waals surface area contributed by atoms with Crippen LogP contribution in [0.15, 0.2) is 72.2 Å². The van der Waals surface area contributed by atoms with E-state index in [0.717, 1.165) is 38.7 Å². The number of aryl methyl sites for hydroxylation is 1. The van der Waals surface area contributed by atoms with Gasteiger partial charge in [-0.15, -0.1) is 11.3 Å². The lowest BCUT2D eigenvalue weighted by Gasteiger charge is -2.35. The Labute approximate surface area is 413 Å². The number of thiocarbonyl (C=S) groups is 1. The number of halogens is 3. The highest BCUT2D eigenvalue weighted by molar-refractivity contribution is 7.81. The second-order valence-corrected chi connectivity index (χ2v) is 19.4. The smallest absolute Gasteiger partial charge is 0.417 e. The molecule has 3 unspecified atom stereocenters. The summed E-state index contributed by atoms with van der Waals surface area (Å²) < 4.78 is 63.5. The number of aliphatic hydroxyl groups is 1. The first-order valence-corrected chi connectivity index (χ1v) is 23.7. The number of hydrogen-bond acceptors (Lipinski definition) is 13. The quantitative estimate of drug-likeness (QED) is 0.0673. The van der Waals surface area contributed by atoms with Gasteiger partial charge in [0.05, 0.1) is 78.1 Å². The molecule has 16 nitrogen and oxygen atoms in total. The molecule has 2 fully saturated rings. The predicted molar refractivity (Wildman–Crippen MR) is 259 cm³/mol. The molecule has 2 aliphatic heterocycles. The van der Waals surface area contributed by atoms with E-state index < -0.39 is 70.1 Å². The number of anilines is 2. The standard InChI is InChI=1S/C49H56F3N7O9S2/c1-30-41(70-29-55-30)32-9-7-31(8-10-32)26-54-43(62)39-24-36(60)27-57(39)44(63)42(47(2,3)4)56-40(61)28-67-20-19-65-17-18-66-21-22-68-37-15-13-34(14-16-37)59-46(69)58(45(64)48(59,5)6)35-12-11-33(25-53)38(23-35)49(50,51)52/h7-16,23,29,36,39,42,60H,17-22,24,26-28H2,1-6H3,(H,54,62)(H,56,61). The highest BCUT2D eigenvalue weighted by Crippen LogP contribution is 2.40. The van der Waals surface area contributed by atoms with Crippen molar-refractivity contribution in [1.82, 2.24) is 20.5 Å². The zero-order valence-electron chi connectivity index (χ0n) is 39.6. The van der Waals surface area contributed by atoms with Gasteiger partial charge in [0.15, 0.2) is 5.11 Å². The number of likely N-dealkylation sites (tertiary alicyclic amines) is 1. The fourth-order valence-electron chi connectivity index (χ4n) is 7.96. The van der Waals surface area contributed by atoms with Gasteiger partial charge >= 0.3 is 6.18 Å². The first kappa shape index (κ1) is 53.3. The lowest BCUT2D eigenvalue weighted by Crippen LogP contribution is -2.58. The van der Waals surface area contributed by atoms with Crippen molar-refractivity contribution in [2.75, 3.05) is 62.6 Å². The first-order valence-electron chi connectivity index (χ1n) is 22.4.